The zero-order valence-electron chi connectivity index (χ0n) is 13.4. The molecular weight excluding hydrogens is 304 g/mol. The third-order valence-electron chi connectivity index (χ3n) is 4.91. The molecule has 23 heavy (non-hydrogen) atoms. The molecule has 2 aliphatic rings. The van der Waals surface area contributed by atoms with Crippen molar-refractivity contribution in [3.63, 3.8) is 0 Å². The van der Waals surface area contributed by atoms with Crippen LogP contribution >= 0.6 is 11.3 Å². The average Bonchev–Trinajstić information content (AvgIpc) is 3.17. The molecule has 2 aromatic rings. The fourth-order valence-electron chi connectivity index (χ4n) is 3.55. The van der Waals surface area contributed by atoms with Gasteiger partial charge in [0.05, 0.1) is 4.88 Å². The third kappa shape index (κ3) is 3.06. The Labute approximate surface area is 141 Å². The highest BCUT2D eigenvalue weighted by atomic mass is 32.1. The molecule has 1 aromatic heterocycles. The van der Waals surface area contributed by atoms with Crippen LogP contribution in [-0.2, 0) is 32.5 Å². The Morgan fingerprint density at radius 2 is 2.13 bits per heavy atom. The lowest BCUT2D eigenvalue weighted by Crippen LogP contribution is -2.21. The van der Waals surface area contributed by atoms with Gasteiger partial charge in [0.25, 0.3) is 5.91 Å². The Hall–Kier alpha value is -1.65. The monoisotopic (exact) mass is 326 g/mol. The number of rotatable bonds is 3. The highest BCUT2D eigenvalue weighted by molar-refractivity contribution is 7.14. The number of amides is 1. The first-order valence-corrected chi connectivity index (χ1v) is 9.22. The molecule has 4 rings (SSSR count). The van der Waals surface area contributed by atoms with E-state index in [9.17, 15) is 4.79 Å². The van der Waals surface area contributed by atoms with Crippen molar-refractivity contribution < 1.29 is 4.79 Å². The van der Waals surface area contributed by atoms with E-state index in [0.29, 0.717) is 6.54 Å². The normalized spacial score (nSPS) is 19.3. The van der Waals surface area contributed by atoms with Crippen LogP contribution in [0, 0.1) is 5.92 Å². The van der Waals surface area contributed by atoms with Gasteiger partial charge in [0.2, 0.25) is 0 Å². The fraction of sp³-hybridized carbons (Fsp3) is 0.421. The molecule has 4 heteroatoms. The SMILES string of the molecule is CC1CCc2sc(C(=O)NCc3ccc4c(c3)CNC4)cc2C1. The Balaban J connectivity index is 1.42. The van der Waals surface area contributed by atoms with Gasteiger partial charge in [-0.3, -0.25) is 4.79 Å². The van der Waals surface area contributed by atoms with Crippen molar-refractivity contribution in [3.8, 4) is 0 Å². The largest absolute Gasteiger partial charge is 0.347 e. The Bertz CT molecular complexity index is 750. The number of thiophene rings is 1. The molecule has 1 atom stereocenters. The van der Waals surface area contributed by atoms with E-state index in [1.54, 1.807) is 11.3 Å². The summed E-state index contributed by atoms with van der Waals surface area (Å²) in [6.45, 7) is 4.79. The first kappa shape index (κ1) is 14.9. The smallest absolute Gasteiger partial charge is 0.261 e. The number of hydrogen-bond acceptors (Lipinski definition) is 3. The minimum absolute atomic E-state index is 0.0654. The zero-order valence-corrected chi connectivity index (χ0v) is 14.3. The van der Waals surface area contributed by atoms with Crippen LogP contribution in [-0.4, -0.2) is 5.91 Å². The summed E-state index contributed by atoms with van der Waals surface area (Å²) in [5.74, 6) is 0.809. The molecule has 2 N–H and O–H groups in total. The van der Waals surface area contributed by atoms with Crippen molar-refractivity contribution in [2.24, 2.45) is 5.92 Å². The number of carbonyl (C=O) groups is 1. The lowest BCUT2D eigenvalue weighted by atomic mass is 9.90. The van der Waals surface area contributed by atoms with Crippen molar-refractivity contribution in [2.45, 2.75) is 45.8 Å². The summed E-state index contributed by atoms with van der Waals surface area (Å²) in [7, 11) is 0. The molecule has 120 valence electrons. The van der Waals surface area contributed by atoms with E-state index in [0.717, 1.165) is 36.7 Å². The van der Waals surface area contributed by atoms with Crippen molar-refractivity contribution in [1.29, 1.82) is 0 Å². The van der Waals surface area contributed by atoms with E-state index in [4.69, 9.17) is 0 Å². The highest BCUT2D eigenvalue weighted by Gasteiger charge is 2.20. The van der Waals surface area contributed by atoms with E-state index < -0.39 is 0 Å². The second-order valence-corrected chi connectivity index (χ2v) is 7.93. The van der Waals surface area contributed by atoms with E-state index in [1.165, 1.54) is 33.6 Å². The lowest BCUT2D eigenvalue weighted by Gasteiger charge is -2.16. The summed E-state index contributed by atoms with van der Waals surface area (Å²) in [5, 5.41) is 6.43. The molecule has 0 bridgehead atoms. The molecule has 0 saturated carbocycles. The molecule has 0 saturated heterocycles. The molecule has 1 aliphatic heterocycles. The van der Waals surface area contributed by atoms with Gasteiger partial charge in [-0.2, -0.15) is 0 Å². The van der Waals surface area contributed by atoms with Gasteiger partial charge in [-0.15, -0.1) is 11.3 Å². The van der Waals surface area contributed by atoms with Gasteiger partial charge in [-0.05, 0) is 53.5 Å². The van der Waals surface area contributed by atoms with Crippen LogP contribution in [0.15, 0.2) is 24.3 Å². The molecule has 1 aromatic carbocycles. The van der Waals surface area contributed by atoms with Crippen molar-refractivity contribution in [2.75, 3.05) is 0 Å². The van der Waals surface area contributed by atoms with Crippen LogP contribution in [0.1, 0.15) is 50.1 Å². The fourth-order valence-corrected chi connectivity index (χ4v) is 4.67. The Morgan fingerprint density at radius 1 is 1.26 bits per heavy atom. The maximum absolute atomic E-state index is 12.4. The van der Waals surface area contributed by atoms with Gasteiger partial charge >= 0.3 is 0 Å². The predicted octanol–water partition coefficient (Wildman–Crippen LogP) is 3.41. The molecule has 0 radical (unpaired) electrons. The van der Waals surface area contributed by atoms with Crippen molar-refractivity contribution >= 4 is 17.2 Å². The minimum atomic E-state index is 0.0654. The van der Waals surface area contributed by atoms with Crippen LogP contribution < -0.4 is 10.6 Å². The molecular formula is C19H22N2OS. The third-order valence-corrected chi connectivity index (χ3v) is 6.14. The summed E-state index contributed by atoms with van der Waals surface area (Å²) in [5.41, 5.74) is 5.30. The number of carbonyl (C=O) groups excluding carboxylic acids is 1. The number of aryl methyl sites for hydroxylation is 1. The van der Waals surface area contributed by atoms with Gasteiger partial charge in [-0.25, -0.2) is 0 Å². The van der Waals surface area contributed by atoms with Gasteiger partial charge in [0.15, 0.2) is 0 Å². The summed E-state index contributed by atoms with van der Waals surface area (Å²) in [6, 6.07) is 8.60. The number of nitrogens with one attached hydrogen (secondary N) is 2. The van der Waals surface area contributed by atoms with E-state index >= 15 is 0 Å². The van der Waals surface area contributed by atoms with Crippen molar-refractivity contribution in [1.82, 2.24) is 10.6 Å². The van der Waals surface area contributed by atoms with E-state index in [-0.39, 0.29) is 5.91 Å². The topological polar surface area (TPSA) is 41.1 Å². The molecule has 0 fully saturated rings. The van der Waals surface area contributed by atoms with Crippen molar-refractivity contribution in [3.05, 3.63) is 56.3 Å². The van der Waals surface area contributed by atoms with Gasteiger partial charge in [0, 0.05) is 24.5 Å². The molecule has 0 spiro atoms. The van der Waals surface area contributed by atoms with Gasteiger partial charge in [-0.1, -0.05) is 25.1 Å². The lowest BCUT2D eigenvalue weighted by molar-refractivity contribution is 0.0955. The van der Waals surface area contributed by atoms with Gasteiger partial charge < -0.3 is 10.6 Å². The van der Waals surface area contributed by atoms with Crippen LogP contribution in [0.4, 0.5) is 0 Å². The standard InChI is InChI=1S/C19H22N2OS/c1-12-2-5-17-15(6-12)8-18(23-17)19(22)21-9-13-3-4-14-10-20-11-16(14)7-13/h3-4,7-8,12,20H,2,5-6,9-11H2,1H3,(H,21,22). The quantitative estimate of drug-likeness (QED) is 0.907. The number of benzene rings is 1. The minimum Gasteiger partial charge on any atom is -0.347 e. The van der Waals surface area contributed by atoms with E-state index in [1.807, 2.05) is 0 Å². The molecule has 1 amide bonds. The maximum atomic E-state index is 12.4. The summed E-state index contributed by atoms with van der Waals surface area (Å²) in [4.78, 5) is 14.7. The van der Waals surface area contributed by atoms with Crippen LogP contribution in [0.3, 0.4) is 0 Å². The zero-order chi connectivity index (χ0) is 15.8. The van der Waals surface area contributed by atoms with Crippen LogP contribution in [0.25, 0.3) is 0 Å². The number of hydrogen-bond donors (Lipinski definition) is 2. The Morgan fingerprint density at radius 3 is 3.04 bits per heavy atom. The molecule has 1 unspecified atom stereocenters. The maximum Gasteiger partial charge on any atom is 0.261 e. The first-order valence-electron chi connectivity index (χ1n) is 8.40. The Kier molecular flexibility index (Phi) is 3.95. The molecule has 1 aliphatic carbocycles. The predicted molar refractivity (Wildman–Crippen MR) is 93.7 cm³/mol. The van der Waals surface area contributed by atoms with Crippen LogP contribution in [0.2, 0.25) is 0 Å². The average molecular weight is 326 g/mol. The molecule has 2 heterocycles. The summed E-state index contributed by atoms with van der Waals surface area (Å²) in [6.07, 6.45) is 3.50. The second kappa shape index (κ2) is 6.10. The summed E-state index contributed by atoms with van der Waals surface area (Å²) >= 11 is 1.68. The highest BCUT2D eigenvalue weighted by Crippen LogP contribution is 2.32. The first-order chi connectivity index (χ1) is 11.2. The van der Waals surface area contributed by atoms with Gasteiger partial charge in [0.1, 0.15) is 0 Å². The molecule has 3 nitrogen and oxygen atoms in total. The van der Waals surface area contributed by atoms with E-state index in [2.05, 4.69) is 41.8 Å². The number of fused-ring (bicyclic) bond motifs is 2. The van der Waals surface area contributed by atoms with Crippen LogP contribution in [0.5, 0.6) is 0 Å². The summed E-state index contributed by atoms with van der Waals surface area (Å²) < 4.78 is 0. The second-order valence-electron chi connectivity index (χ2n) is 6.80.